The van der Waals surface area contributed by atoms with Gasteiger partial charge in [0.05, 0.1) is 0 Å². The highest BCUT2D eigenvalue weighted by atomic mass is 32.1. The van der Waals surface area contributed by atoms with Crippen molar-refractivity contribution >= 4 is 34.9 Å². The molecule has 0 bridgehead atoms. The lowest BCUT2D eigenvalue weighted by Crippen LogP contribution is -2.43. The van der Waals surface area contributed by atoms with Crippen molar-refractivity contribution in [3.05, 3.63) is 82.7 Å². The van der Waals surface area contributed by atoms with Crippen LogP contribution in [0.4, 0.5) is 11.6 Å². The predicted molar refractivity (Wildman–Crippen MR) is 149 cm³/mol. The van der Waals surface area contributed by atoms with E-state index in [-0.39, 0.29) is 0 Å². The number of rotatable bonds is 4. The molecular weight excluding hydrogens is 452 g/mol. The molecular formula is C28H34N6S. The topological polar surface area (TPSA) is 65.4 Å². The van der Waals surface area contributed by atoms with E-state index in [1.54, 1.807) is 0 Å². The van der Waals surface area contributed by atoms with Crippen molar-refractivity contribution < 1.29 is 0 Å². The molecule has 2 heterocycles. The molecule has 4 rings (SSSR count). The van der Waals surface area contributed by atoms with Crippen LogP contribution in [0.25, 0.3) is 0 Å². The fourth-order valence-electron chi connectivity index (χ4n) is 4.65. The molecule has 2 N–H and O–H groups in total. The van der Waals surface area contributed by atoms with Crippen LogP contribution in [-0.4, -0.2) is 39.0 Å². The number of nitrogens with zero attached hydrogens (tertiary/aromatic N) is 4. The molecule has 3 aromatic rings. The summed E-state index contributed by atoms with van der Waals surface area (Å²) in [6.45, 7) is 9.90. The maximum Gasteiger partial charge on any atom is 0.229 e. The molecule has 0 spiro atoms. The zero-order valence-electron chi connectivity index (χ0n) is 21.0. The van der Waals surface area contributed by atoms with Gasteiger partial charge in [-0.3, -0.25) is 5.32 Å². The smallest absolute Gasteiger partial charge is 0.229 e. The van der Waals surface area contributed by atoms with Gasteiger partial charge in [0.2, 0.25) is 17.0 Å². The van der Waals surface area contributed by atoms with Gasteiger partial charge in [0.25, 0.3) is 0 Å². The molecule has 2 aromatic carbocycles. The third kappa shape index (κ3) is 7.33. The van der Waals surface area contributed by atoms with Gasteiger partial charge >= 0.3 is 0 Å². The van der Waals surface area contributed by atoms with E-state index >= 15 is 0 Å². The Bertz CT molecular complexity index is 1160. The number of benzene rings is 2. The third-order valence-electron chi connectivity index (χ3n) is 6.17. The standard InChI is InChI=1S/C28H34N6S/c1-19-14-20(2)16-25(15-19)31-28(35)33-27(32-26-29-21(3)17-22(4)30-26)34-12-10-24(11-13-34)18-23-8-6-5-7-9-23/h5-9,14-17,24H,10-13,18H2,1-4H3,(H2,29,30,31,32,33,35). The number of likely N-dealkylation sites (tertiary alicyclic amines) is 1. The van der Waals surface area contributed by atoms with Crippen LogP contribution in [-0.2, 0) is 6.42 Å². The zero-order chi connectivity index (χ0) is 24.8. The van der Waals surface area contributed by atoms with Crippen LogP contribution in [0, 0.1) is 33.6 Å². The van der Waals surface area contributed by atoms with E-state index in [1.807, 2.05) is 19.9 Å². The molecule has 1 aliphatic rings. The molecule has 0 atom stereocenters. The van der Waals surface area contributed by atoms with E-state index in [1.165, 1.54) is 16.7 Å². The average Bonchev–Trinajstić information content (AvgIpc) is 2.78. The summed E-state index contributed by atoms with van der Waals surface area (Å²) in [5.74, 6) is 1.89. The van der Waals surface area contributed by atoms with Gasteiger partial charge in [-0.25, -0.2) is 9.97 Å². The Balaban J connectivity index is 1.50. The van der Waals surface area contributed by atoms with E-state index in [4.69, 9.17) is 17.2 Å². The lowest BCUT2D eigenvalue weighted by atomic mass is 9.90. The van der Waals surface area contributed by atoms with E-state index in [0.717, 1.165) is 49.4 Å². The van der Waals surface area contributed by atoms with Crippen molar-refractivity contribution in [3.8, 4) is 0 Å². The van der Waals surface area contributed by atoms with Gasteiger partial charge in [-0.15, -0.1) is 0 Å². The van der Waals surface area contributed by atoms with Crippen molar-refractivity contribution in [3.63, 3.8) is 0 Å². The van der Waals surface area contributed by atoms with E-state index < -0.39 is 0 Å². The quantitative estimate of drug-likeness (QED) is 0.275. The first kappa shape index (κ1) is 24.8. The minimum atomic E-state index is 0.410. The van der Waals surface area contributed by atoms with Crippen LogP contribution in [0.2, 0.25) is 0 Å². The first-order valence-corrected chi connectivity index (χ1v) is 12.6. The molecule has 35 heavy (non-hydrogen) atoms. The fraction of sp³-hybridized carbons (Fsp3) is 0.357. The first-order valence-electron chi connectivity index (χ1n) is 12.2. The molecule has 0 unspecified atom stereocenters. The Morgan fingerprint density at radius 3 is 2.17 bits per heavy atom. The minimum Gasteiger partial charge on any atom is -0.342 e. The molecule has 1 saturated heterocycles. The first-order chi connectivity index (χ1) is 16.8. The molecule has 6 nitrogen and oxygen atoms in total. The van der Waals surface area contributed by atoms with Crippen molar-refractivity contribution in [1.82, 2.24) is 14.9 Å². The van der Waals surface area contributed by atoms with Crippen molar-refractivity contribution in [1.29, 1.82) is 0 Å². The molecule has 0 saturated carbocycles. The highest BCUT2D eigenvalue weighted by Gasteiger charge is 2.23. The second kappa shape index (κ2) is 11.4. The number of thiocarbonyl (C=S) groups is 1. The third-order valence-corrected chi connectivity index (χ3v) is 6.36. The Morgan fingerprint density at radius 2 is 1.54 bits per heavy atom. The van der Waals surface area contributed by atoms with Crippen LogP contribution in [0.15, 0.2) is 59.6 Å². The maximum absolute atomic E-state index is 5.64. The Kier molecular flexibility index (Phi) is 8.08. The normalized spacial score (nSPS) is 14.6. The van der Waals surface area contributed by atoms with E-state index in [0.29, 0.717) is 22.9 Å². The fourth-order valence-corrected chi connectivity index (χ4v) is 4.85. The summed E-state index contributed by atoms with van der Waals surface area (Å²) in [5.41, 5.74) is 6.54. The Labute approximate surface area is 213 Å². The molecule has 182 valence electrons. The number of aliphatic imine (C=N–C) groups is 1. The average molecular weight is 487 g/mol. The number of hydrogen-bond acceptors (Lipinski definition) is 3. The van der Waals surface area contributed by atoms with E-state index in [9.17, 15) is 0 Å². The SMILES string of the molecule is Cc1cc(C)cc(NC(=S)/N=C(/Nc2nc(C)cc(C)n2)N2CCC(Cc3ccccc3)CC2)c1. The van der Waals surface area contributed by atoms with E-state index in [2.05, 4.69) is 87.9 Å². The maximum atomic E-state index is 5.64. The van der Waals surface area contributed by atoms with Gasteiger partial charge in [0.15, 0.2) is 0 Å². The number of anilines is 2. The molecule has 1 aromatic heterocycles. The van der Waals surface area contributed by atoms with Gasteiger partial charge < -0.3 is 10.2 Å². The number of piperidine rings is 1. The molecule has 0 aliphatic carbocycles. The molecule has 1 fully saturated rings. The summed E-state index contributed by atoms with van der Waals surface area (Å²) in [7, 11) is 0. The molecule has 1 aliphatic heterocycles. The van der Waals surface area contributed by atoms with Crippen molar-refractivity contribution in [2.45, 2.75) is 47.0 Å². The summed E-state index contributed by atoms with van der Waals surface area (Å²) in [4.78, 5) is 16.2. The summed E-state index contributed by atoms with van der Waals surface area (Å²) in [6, 6.07) is 19.0. The largest absolute Gasteiger partial charge is 0.342 e. The number of aryl methyl sites for hydroxylation is 4. The highest BCUT2D eigenvalue weighted by Crippen LogP contribution is 2.22. The lowest BCUT2D eigenvalue weighted by molar-refractivity contribution is 0.265. The highest BCUT2D eigenvalue weighted by molar-refractivity contribution is 7.80. The van der Waals surface area contributed by atoms with Crippen LogP contribution >= 0.6 is 12.2 Å². The number of nitrogens with one attached hydrogen (secondary N) is 2. The number of aromatic nitrogens is 2. The summed E-state index contributed by atoms with van der Waals surface area (Å²) >= 11 is 5.64. The summed E-state index contributed by atoms with van der Waals surface area (Å²) in [5, 5.41) is 7.05. The van der Waals surface area contributed by atoms with Crippen LogP contribution in [0.1, 0.15) is 40.9 Å². The van der Waals surface area contributed by atoms with Gasteiger partial charge in [0.1, 0.15) is 0 Å². The van der Waals surface area contributed by atoms with Crippen molar-refractivity contribution in [2.75, 3.05) is 23.7 Å². The van der Waals surface area contributed by atoms with Gasteiger partial charge in [-0.05, 0) is 100.0 Å². The Morgan fingerprint density at radius 1 is 0.914 bits per heavy atom. The molecule has 0 radical (unpaired) electrons. The van der Waals surface area contributed by atoms with Gasteiger partial charge in [0, 0.05) is 30.2 Å². The van der Waals surface area contributed by atoms with Crippen LogP contribution in [0.3, 0.4) is 0 Å². The number of guanidine groups is 1. The lowest BCUT2D eigenvalue weighted by Gasteiger charge is -2.34. The predicted octanol–water partition coefficient (Wildman–Crippen LogP) is 5.83. The summed E-state index contributed by atoms with van der Waals surface area (Å²) in [6.07, 6.45) is 3.31. The Hall–Kier alpha value is -3.32. The monoisotopic (exact) mass is 486 g/mol. The molecule has 0 amide bonds. The minimum absolute atomic E-state index is 0.410. The van der Waals surface area contributed by atoms with Crippen LogP contribution < -0.4 is 10.6 Å². The van der Waals surface area contributed by atoms with Gasteiger partial charge in [-0.2, -0.15) is 4.99 Å². The number of hydrogen-bond donors (Lipinski definition) is 2. The van der Waals surface area contributed by atoms with Gasteiger partial charge in [-0.1, -0.05) is 36.4 Å². The molecule has 7 heteroatoms. The zero-order valence-corrected chi connectivity index (χ0v) is 21.8. The summed E-state index contributed by atoms with van der Waals surface area (Å²) < 4.78 is 0. The second-order valence-corrected chi connectivity index (χ2v) is 9.85. The van der Waals surface area contributed by atoms with Crippen molar-refractivity contribution in [2.24, 2.45) is 10.9 Å². The second-order valence-electron chi connectivity index (χ2n) is 9.46. The van der Waals surface area contributed by atoms with Crippen LogP contribution in [0.5, 0.6) is 0 Å².